The molecule has 1 saturated carbocycles. The fourth-order valence-electron chi connectivity index (χ4n) is 4.11. The van der Waals surface area contributed by atoms with Crippen LogP contribution < -0.4 is 0 Å². The van der Waals surface area contributed by atoms with Gasteiger partial charge in [0.25, 0.3) is 0 Å². The third-order valence-electron chi connectivity index (χ3n) is 5.25. The smallest absolute Gasteiger partial charge is 0.411 e. The minimum Gasteiger partial charge on any atom is -0.460 e. The largest absolute Gasteiger partial charge is 0.460 e. The number of benzene rings is 2. The molecule has 6 heteroatoms. The number of alkyl halides is 1. The zero-order valence-corrected chi connectivity index (χ0v) is 16.4. The lowest BCUT2D eigenvalue weighted by atomic mass is 9.77. The standard InChI is InChI=1S/C21H20BrNO4/c1-13(24)27-20-16-17(22)19(20)23(18(16)15-10-6-3-7-11-15)21(25)26-12-14-8-4-2-5-9-14/h2-11,16-20H,12H2,1H3. The zero-order valence-electron chi connectivity index (χ0n) is 14.8. The molecule has 3 aliphatic rings. The van der Waals surface area contributed by atoms with E-state index in [2.05, 4.69) is 15.9 Å². The third-order valence-corrected chi connectivity index (χ3v) is 6.41. The van der Waals surface area contributed by atoms with Gasteiger partial charge < -0.3 is 9.47 Å². The van der Waals surface area contributed by atoms with E-state index in [9.17, 15) is 9.59 Å². The number of nitrogens with zero attached hydrogens (tertiary/aromatic N) is 1. The van der Waals surface area contributed by atoms with Crippen molar-refractivity contribution in [1.82, 2.24) is 4.90 Å². The van der Waals surface area contributed by atoms with Gasteiger partial charge in [-0.15, -0.1) is 0 Å². The van der Waals surface area contributed by atoms with Crippen molar-refractivity contribution in [1.29, 1.82) is 0 Å². The molecule has 27 heavy (non-hydrogen) atoms. The molecule has 5 unspecified atom stereocenters. The molecule has 2 aliphatic heterocycles. The van der Waals surface area contributed by atoms with Gasteiger partial charge in [-0.25, -0.2) is 4.79 Å². The fraction of sp³-hybridized carbons (Fsp3) is 0.333. The van der Waals surface area contributed by atoms with Gasteiger partial charge in [-0.05, 0) is 11.1 Å². The Balaban J connectivity index is 1.58. The highest BCUT2D eigenvalue weighted by molar-refractivity contribution is 9.09. The Kier molecular flexibility index (Phi) is 4.91. The summed E-state index contributed by atoms with van der Waals surface area (Å²) in [6.07, 6.45) is -0.708. The first-order chi connectivity index (χ1) is 13.1. The highest BCUT2D eigenvalue weighted by Crippen LogP contribution is 2.58. The van der Waals surface area contributed by atoms with Crippen LogP contribution in [-0.2, 0) is 20.9 Å². The van der Waals surface area contributed by atoms with E-state index >= 15 is 0 Å². The van der Waals surface area contributed by atoms with Crippen molar-refractivity contribution in [2.24, 2.45) is 5.92 Å². The summed E-state index contributed by atoms with van der Waals surface area (Å²) in [5.74, 6) is -0.328. The normalized spacial score (nSPS) is 28.4. The van der Waals surface area contributed by atoms with E-state index in [1.165, 1.54) is 6.92 Å². The van der Waals surface area contributed by atoms with Gasteiger partial charge in [0.1, 0.15) is 12.7 Å². The number of rotatable bonds is 4. The summed E-state index contributed by atoms with van der Waals surface area (Å²) in [4.78, 5) is 26.3. The van der Waals surface area contributed by atoms with E-state index in [4.69, 9.17) is 9.47 Å². The van der Waals surface area contributed by atoms with Crippen molar-refractivity contribution in [3.63, 3.8) is 0 Å². The molecule has 2 bridgehead atoms. The maximum Gasteiger partial charge on any atom is 0.411 e. The number of carbonyl (C=O) groups is 2. The van der Waals surface area contributed by atoms with Crippen LogP contribution in [-0.4, -0.2) is 33.9 Å². The van der Waals surface area contributed by atoms with Crippen LogP contribution in [0.4, 0.5) is 4.79 Å². The molecule has 0 spiro atoms. The first kappa shape index (κ1) is 18.0. The Labute approximate surface area is 166 Å². The molecule has 0 N–H and O–H groups in total. The van der Waals surface area contributed by atoms with Crippen LogP contribution in [0.15, 0.2) is 60.7 Å². The fourth-order valence-corrected chi connectivity index (χ4v) is 5.26. The molecule has 2 aromatic rings. The number of esters is 1. The first-order valence-electron chi connectivity index (χ1n) is 8.93. The lowest BCUT2D eigenvalue weighted by Gasteiger charge is -2.39. The Morgan fingerprint density at radius 1 is 1.04 bits per heavy atom. The molecule has 1 aliphatic carbocycles. The van der Waals surface area contributed by atoms with Gasteiger partial charge in [0.15, 0.2) is 0 Å². The third kappa shape index (κ3) is 3.23. The number of hydrogen-bond donors (Lipinski definition) is 0. The van der Waals surface area contributed by atoms with Crippen molar-refractivity contribution >= 4 is 28.0 Å². The van der Waals surface area contributed by atoms with E-state index < -0.39 is 0 Å². The SMILES string of the molecule is CC(=O)OC1C2C(Br)C1N(C(=O)OCc1ccccc1)C2c1ccccc1. The number of hydrogen-bond acceptors (Lipinski definition) is 4. The van der Waals surface area contributed by atoms with Crippen molar-refractivity contribution in [3.05, 3.63) is 71.8 Å². The molecule has 1 amide bonds. The molecule has 5 rings (SSSR count). The van der Waals surface area contributed by atoms with Crippen LogP contribution in [0.5, 0.6) is 0 Å². The van der Waals surface area contributed by atoms with Crippen LogP contribution in [0.3, 0.4) is 0 Å². The highest BCUT2D eigenvalue weighted by Gasteiger charge is 2.68. The van der Waals surface area contributed by atoms with Crippen LogP contribution in [0.2, 0.25) is 0 Å². The minimum absolute atomic E-state index is 0.00516. The molecule has 3 fully saturated rings. The summed E-state index contributed by atoms with van der Waals surface area (Å²) < 4.78 is 11.1. The lowest BCUT2D eigenvalue weighted by Crippen LogP contribution is -2.56. The van der Waals surface area contributed by atoms with Crippen LogP contribution >= 0.6 is 15.9 Å². The van der Waals surface area contributed by atoms with Gasteiger partial charge in [-0.1, -0.05) is 76.6 Å². The van der Waals surface area contributed by atoms with Gasteiger partial charge in [0.05, 0.1) is 12.1 Å². The van der Waals surface area contributed by atoms with E-state index in [1.54, 1.807) is 4.90 Å². The van der Waals surface area contributed by atoms with E-state index in [0.717, 1.165) is 11.1 Å². The van der Waals surface area contributed by atoms with Gasteiger partial charge >= 0.3 is 12.1 Å². The summed E-state index contributed by atoms with van der Waals surface area (Å²) in [7, 11) is 0. The number of carbonyl (C=O) groups excluding carboxylic acids is 2. The van der Waals surface area contributed by atoms with E-state index in [-0.39, 0.29) is 47.6 Å². The lowest BCUT2D eigenvalue weighted by molar-refractivity contribution is -0.154. The molecule has 2 saturated heterocycles. The first-order valence-corrected chi connectivity index (χ1v) is 9.85. The van der Waals surface area contributed by atoms with Gasteiger partial charge in [-0.3, -0.25) is 9.69 Å². The molecule has 2 aromatic carbocycles. The minimum atomic E-state index is -0.390. The predicted molar refractivity (Wildman–Crippen MR) is 103 cm³/mol. The van der Waals surface area contributed by atoms with Crippen LogP contribution in [0, 0.1) is 5.92 Å². The quantitative estimate of drug-likeness (QED) is 0.542. The van der Waals surface area contributed by atoms with Crippen molar-refractivity contribution in [3.8, 4) is 0 Å². The van der Waals surface area contributed by atoms with Gasteiger partial charge in [0.2, 0.25) is 0 Å². The topological polar surface area (TPSA) is 55.8 Å². The number of halogens is 1. The monoisotopic (exact) mass is 429 g/mol. The number of amides is 1. The van der Waals surface area contributed by atoms with Gasteiger partial charge in [-0.2, -0.15) is 0 Å². The summed E-state index contributed by atoms with van der Waals surface area (Å²) in [5, 5.41) is 0. The highest BCUT2D eigenvalue weighted by atomic mass is 79.9. The Morgan fingerprint density at radius 3 is 2.30 bits per heavy atom. The second-order valence-corrected chi connectivity index (χ2v) is 7.95. The molecular weight excluding hydrogens is 410 g/mol. The molecule has 140 valence electrons. The summed E-state index contributed by atoms with van der Waals surface area (Å²) >= 11 is 3.69. The second-order valence-electron chi connectivity index (χ2n) is 6.89. The Morgan fingerprint density at radius 2 is 1.67 bits per heavy atom. The maximum atomic E-state index is 13.0. The maximum absolute atomic E-state index is 13.0. The molecule has 0 radical (unpaired) electrons. The zero-order chi connectivity index (χ0) is 19.0. The van der Waals surface area contributed by atoms with Crippen LogP contribution in [0.1, 0.15) is 24.1 Å². The van der Waals surface area contributed by atoms with Gasteiger partial charge in [0, 0.05) is 17.7 Å². The van der Waals surface area contributed by atoms with E-state index in [1.807, 2.05) is 60.7 Å². The average molecular weight is 430 g/mol. The molecule has 0 aromatic heterocycles. The second kappa shape index (κ2) is 7.35. The molecule has 5 atom stereocenters. The number of ether oxygens (including phenoxy) is 2. The Bertz CT molecular complexity index is 829. The summed E-state index contributed by atoms with van der Waals surface area (Å²) in [6.45, 7) is 1.61. The average Bonchev–Trinajstić information content (AvgIpc) is 3.19. The van der Waals surface area contributed by atoms with Crippen molar-refractivity contribution in [2.75, 3.05) is 0 Å². The summed E-state index contributed by atoms with van der Waals surface area (Å²) in [5.41, 5.74) is 1.95. The number of fused-ring (bicyclic) bond motifs is 1. The van der Waals surface area contributed by atoms with Crippen molar-refractivity contribution < 1.29 is 19.1 Å². The van der Waals surface area contributed by atoms with E-state index in [0.29, 0.717) is 0 Å². The molecule has 2 heterocycles. The summed E-state index contributed by atoms with van der Waals surface area (Å²) in [6, 6.07) is 19.0. The van der Waals surface area contributed by atoms with Crippen molar-refractivity contribution in [2.45, 2.75) is 36.5 Å². The molecule has 5 nitrogen and oxygen atoms in total. The predicted octanol–water partition coefficient (Wildman–Crippen LogP) is 4.07. The van der Waals surface area contributed by atoms with Crippen LogP contribution in [0.25, 0.3) is 0 Å². The Hall–Kier alpha value is -2.34. The molecular formula is C21H20BrNO4.